The quantitative estimate of drug-likeness (QED) is 0.281. The van der Waals surface area contributed by atoms with Gasteiger partial charge in [-0.2, -0.15) is 0 Å². The second-order valence-corrected chi connectivity index (χ2v) is 4.94. The summed E-state index contributed by atoms with van der Waals surface area (Å²) in [6, 6.07) is 0. The van der Waals surface area contributed by atoms with E-state index in [4.69, 9.17) is 14.2 Å². The number of esters is 1. The van der Waals surface area contributed by atoms with Gasteiger partial charge in [0.15, 0.2) is 0 Å². The van der Waals surface area contributed by atoms with Crippen LogP contribution in [0.4, 0.5) is 0 Å². The van der Waals surface area contributed by atoms with Crippen molar-refractivity contribution >= 4 is 5.97 Å². The van der Waals surface area contributed by atoms with Gasteiger partial charge in [-0.1, -0.05) is 24.8 Å². The Morgan fingerprint density at radius 2 is 2.29 bits per heavy atom. The predicted octanol–water partition coefficient (Wildman–Crippen LogP) is 1.91. The van der Waals surface area contributed by atoms with Crippen molar-refractivity contribution in [3.05, 3.63) is 37.5 Å². The molecule has 0 radical (unpaired) electrons. The highest BCUT2D eigenvalue weighted by atomic mass is 16.7. The van der Waals surface area contributed by atoms with Gasteiger partial charge in [-0.25, -0.2) is 0 Å². The van der Waals surface area contributed by atoms with E-state index in [-0.39, 0.29) is 12.8 Å². The molecule has 5 nitrogen and oxygen atoms in total. The molecule has 2 atom stereocenters. The molecule has 1 heterocycles. The largest absolute Gasteiger partial charge is 0.456 e. The highest BCUT2D eigenvalue weighted by molar-refractivity contribution is 5.66. The Kier molecular flexibility index (Phi) is 7.36. The lowest BCUT2D eigenvalue weighted by Crippen LogP contribution is -2.60. The number of carbonyl (C=O) groups excluding carboxylic acids is 1. The van der Waals surface area contributed by atoms with Crippen LogP contribution in [0.15, 0.2) is 37.5 Å². The summed E-state index contributed by atoms with van der Waals surface area (Å²) in [7, 11) is 1.57. The molecule has 0 amide bonds. The smallest absolute Gasteiger partial charge is 0.303 e. The summed E-state index contributed by atoms with van der Waals surface area (Å²) in [5.74, 6) is -0.344. The summed E-state index contributed by atoms with van der Waals surface area (Å²) in [6.45, 7) is 11.0. The topological polar surface area (TPSA) is 48.0 Å². The van der Waals surface area contributed by atoms with Gasteiger partial charge in [0.25, 0.3) is 0 Å². The molecule has 0 aromatic carbocycles. The number of methoxy groups -OCH3 is 1. The van der Waals surface area contributed by atoms with Crippen LogP contribution >= 0.6 is 0 Å². The molecule has 0 saturated heterocycles. The lowest BCUT2D eigenvalue weighted by atomic mass is 9.87. The van der Waals surface area contributed by atoms with Crippen LogP contribution < -0.4 is 0 Å². The summed E-state index contributed by atoms with van der Waals surface area (Å²) in [5.41, 5.74) is -0.585. The van der Waals surface area contributed by atoms with Crippen molar-refractivity contribution in [1.29, 1.82) is 0 Å². The summed E-state index contributed by atoms with van der Waals surface area (Å²) >= 11 is 0. The van der Waals surface area contributed by atoms with Gasteiger partial charge in [0.05, 0.1) is 6.61 Å². The molecule has 0 spiro atoms. The fourth-order valence-corrected chi connectivity index (χ4v) is 2.57. The SMILES string of the molecule is C=CCN1CCC=CC1(COCOC)C(C=C)OC(C)=O. The standard InChI is InChI=1S/C16H25NO4/c1-5-10-17-11-8-7-9-16(17,12-20-13-19-4)15(6-2)21-14(3)18/h5-7,9,15H,1-2,8,10-13H2,3-4H3. The zero-order valence-corrected chi connectivity index (χ0v) is 12.9. The van der Waals surface area contributed by atoms with Gasteiger partial charge in [0.1, 0.15) is 18.4 Å². The van der Waals surface area contributed by atoms with E-state index in [0.717, 1.165) is 13.0 Å². The highest BCUT2D eigenvalue weighted by Crippen LogP contribution is 2.30. The number of nitrogens with zero attached hydrogens (tertiary/aromatic N) is 1. The minimum Gasteiger partial charge on any atom is -0.456 e. The van der Waals surface area contributed by atoms with Crippen LogP contribution in [0.1, 0.15) is 13.3 Å². The van der Waals surface area contributed by atoms with Crippen molar-refractivity contribution in [2.75, 3.05) is 33.6 Å². The van der Waals surface area contributed by atoms with Crippen LogP contribution in [0.2, 0.25) is 0 Å². The second-order valence-electron chi connectivity index (χ2n) is 4.94. The molecule has 2 unspecified atom stereocenters. The minimum absolute atomic E-state index is 0.182. The minimum atomic E-state index is -0.585. The molecular weight excluding hydrogens is 270 g/mol. The van der Waals surface area contributed by atoms with Crippen molar-refractivity contribution in [3.8, 4) is 0 Å². The van der Waals surface area contributed by atoms with Crippen molar-refractivity contribution in [3.63, 3.8) is 0 Å². The molecular formula is C16H25NO4. The number of hydrogen-bond donors (Lipinski definition) is 0. The Bertz CT molecular complexity index is 394. The van der Waals surface area contributed by atoms with Crippen LogP contribution in [-0.2, 0) is 19.0 Å². The van der Waals surface area contributed by atoms with Gasteiger partial charge in [0, 0.05) is 27.1 Å². The molecule has 0 bridgehead atoms. The van der Waals surface area contributed by atoms with E-state index in [2.05, 4.69) is 24.1 Å². The summed E-state index contributed by atoms with van der Waals surface area (Å²) < 4.78 is 16.0. The monoisotopic (exact) mass is 295 g/mol. The van der Waals surface area contributed by atoms with Gasteiger partial charge in [0.2, 0.25) is 0 Å². The second kappa shape index (κ2) is 8.77. The summed E-state index contributed by atoms with van der Waals surface area (Å²) in [6.07, 6.45) is 8.02. The lowest BCUT2D eigenvalue weighted by molar-refractivity contribution is -0.154. The van der Waals surface area contributed by atoms with E-state index in [1.807, 2.05) is 12.2 Å². The molecule has 118 valence electrons. The van der Waals surface area contributed by atoms with Crippen molar-refractivity contribution < 1.29 is 19.0 Å². The normalized spacial score (nSPS) is 23.5. The molecule has 21 heavy (non-hydrogen) atoms. The van der Waals surface area contributed by atoms with Crippen LogP contribution in [0.5, 0.6) is 0 Å². The Hall–Kier alpha value is -1.43. The third-order valence-corrected chi connectivity index (χ3v) is 3.44. The fraction of sp³-hybridized carbons (Fsp3) is 0.562. The van der Waals surface area contributed by atoms with Crippen molar-refractivity contribution in [2.45, 2.75) is 25.0 Å². The molecule has 5 heteroatoms. The number of hydrogen-bond acceptors (Lipinski definition) is 5. The maximum atomic E-state index is 11.4. The van der Waals surface area contributed by atoms with E-state index in [1.54, 1.807) is 13.2 Å². The van der Waals surface area contributed by atoms with Crippen LogP contribution in [0.25, 0.3) is 0 Å². The highest BCUT2D eigenvalue weighted by Gasteiger charge is 2.43. The van der Waals surface area contributed by atoms with Gasteiger partial charge in [-0.05, 0) is 12.5 Å². The zero-order chi connectivity index (χ0) is 15.7. The van der Waals surface area contributed by atoms with Crippen LogP contribution in [0.3, 0.4) is 0 Å². The molecule has 0 fully saturated rings. The van der Waals surface area contributed by atoms with Crippen LogP contribution in [0, 0.1) is 0 Å². The third kappa shape index (κ3) is 4.52. The lowest BCUT2D eigenvalue weighted by Gasteiger charge is -2.46. The molecule has 0 aromatic heterocycles. The zero-order valence-electron chi connectivity index (χ0n) is 12.9. The Labute approximate surface area is 126 Å². The predicted molar refractivity (Wildman–Crippen MR) is 81.8 cm³/mol. The molecule has 0 saturated carbocycles. The van der Waals surface area contributed by atoms with Crippen molar-refractivity contribution in [2.24, 2.45) is 0 Å². The van der Waals surface area contributed by atoms with E-state index < -0.39 is 11.6 Å². The third-order valence-electron chi connectivity index (χ3n) is 3.44. The van der Waals surface area contributed by atoms with Gasteiger partial charge >= 0.3 is 5.97 Å². The first-order valence-corrected chi connectivity index (χ1v) is 7.00. The van der Waals surface area contributed by atoms with Gasteiger partial charge in [-0.15, -0.1) is 6.58 Å². The first-order valence-electron chi connectivity index (χ1n) is 7.00. The first-order chi connectivity index (χ1) is 10.1. The average molecular weight is 295 g/mol. The molecule has 1 rings (SSSR count). The fourth-order valence-electron chi connectivity index (χ4n) is 2.57. The van der Waals surface area contributed by atoms with E-state index in [0.29, 0.717) is 13.2 Å². The molecule has 1 aliphatic heterocycles. The summed E-state index contributed by atoms with van der Waals surface area (Å²) in [5, 5.41) is 0. The van der Waals surface area contributed by atoms with Gasteiger partial charge in [-0.3, -0.25) is 9.69 Å². The van der Waals surface area contributed by atoms with Crippen LogP contribution in [-0.4, -0.2) is 56.1 Å². The Balaban J connectivity index is 3.07. The molecule has 0 aliphatic carbocycles. The molecule has 0 N–H and O–H groups in total. The van der Waals surface area contributed by atoms with Crippen molar-refractivity contribution in [1.82, 2.24) is 4.90 Å². The number of rotatable bonds is 9. The molecule has 1 aliphatic rings. The first kappa shape index (κ1) is 17.6. The summed E-state index contributed by atoms with van der Waals surface area (Å²) in [4.78, 5) is 13.6. The van der Waals surface area contributed by atoms with Gasteiger partial charge < -0.3 is 14.2 Å². The van der Waals surface area contributed by atoms with E-state index in [1.165, 1.54) is 6.92 Å². The number of carbonyl (C=O) groups is 1. The Morgan fingerprint density at radius 3 is 2.86 bits per heavy atom. The van der Waals surface area contributed by atoms with E-state index >= 15 is 0 Å². The number of ether oxygens (including phenoxy) is 3. The maximum Gasteiger partial charge on any atom is 0.303 e. The molecule has 0 aromatic rings. The van der Waals surface area contributed by atoms with E-state index in [9.17, 15) is 4.79 Å². The average Bonchev–Trinajstić information content (AvgIpc) is 2.47. The maximum absolute atomic E-state index is 11.4. The Morgan fingerprint density at radius 1 is 1.52 bits per heavy atom.